The third-order valence-corrected chi connectivity index (χ3v) is 7.63. The molecule has 0 spiro atoms. The summed E-state index contributed by atoms with van der Waals surface area (Å²) in [6.07, 6.45) is 3.32. The van der Waals surface area contributed by atoms with E-state index in [1.165, 1.54) is 6.33 Å². The number of fused-ring (bicyclic) bond motifs is 2. The maximum Gasteiger partial charge on any atom is 0.410 e. The van der Waals surface area contributed by atoms with Gasteiger partial charge in [-0.2, -0.15) is 0 Å². The van der Waals surface area contributed by atoms with Crippen molar-refractivity contribution < 1.29 is 28.1 Å². The fourth-order valence-electron chi connectivity index (χ4n) is 5.33. The summed E-state index contributed by atoms with van der Waals surface area (Å²) in [5.74, 6) is 0.837. The number of nitrogens with one attached hydrogen (secondary N) is 1. The number of hydrogen-bond acceptors (Lipinski definition) is 9. The molecule has 5 heterocycles. The molecule has 2 bridgehead atoms. The summed E-state index contributed by atoms with van der Waals surface area (Å²) in [7, 11) is 0. The number of carbonyl (C=O) groups is 1. The first-order valence-electron chi connectivity index (χ1n) is 13.4. The van der Waals surface area contributed by atoms with E-state index in [1.807, 2.05) is 20.8 Å². The van der Waals surface area contributed by atoms with Gasteiger partial charge in [-0.1, -0.05) is 11.6 Å². The molecular weight excluding hydrogens is 541 g/mol. The molecule has 212 valence electrons. The number of nitrogens with zero attached hydrogens (tertiary/aromatic N) is 4. The van der Waals surface area contributed by atoms with Gasteiger partial charge >= 0.3 is 6.09 Å². The number of amides is 1. The van der Waals surface area contributed by atoms with E-state index in [0.717, 1.165) is 19.4 Å². The number of carbonyl (C=O) groups excluding carboxylic acids is 1. The Labute approximate surface area is 236 Å². The van der Waals surface area contributed by atoms with Gasteiger partial charge in [0.25, 0.3) is 0 Å². The Kier molecular flexibility index (Phi) is 6.82. The van der Waals surface area contributed by atoms with Crippen LogP contribution < -0.4 is 14.8 Å². The number of benzene rings is 1. The smallest absolute Gasteiger partial charge is 0.410 e. The zero-order chi connectivity index (χ0) is 28.1. The molecule has 1 amide bonds. The Morgan fingerprint density at radius 2 is 2.08 bits per heavy atom. The number of halogens is 2. The first kappa shape index (κ1) is 26.8. The van der Waals surface area contributed by atoms with Crippen LogP contribution in [-0.4, -0.2) is 69.6 Å². The van der Waals surface area contributed by atoms with E-state index >= 15 is 4.39 Å². The monoisotopic (exact) mass is 571 g/mol. The zero-order valence-electron chi connectivity index (χ0n) is 22.6. The van der Waals surface area contributed by atoms with Crippen LogP contribution in [0.3, 0.4) is 0 Å². The maximum atomic E-state index is 15.3. The summed E-state index contributed by atoms with van der Waals surface area (Å²) >= 11 is 6.33. The van der Waals surface area contributed by atoms with Gasteiger partial charge < -0.3 is 29.2 Å². The third kappa shape index (κ3) is 5.44. The lowest BCUT2D eigenvalue weighted by atomic mass is 9.75. The largest absolute Gasteiger partial charge is 0.489 e. The highest BCUT2D eigenvalue weighted by Gasteiger charge is 2.52. The van der Waals surface area contributed by atoms with Crippen molar-refractivity contribution in [2.45, 2.75) is 57.3 Å². The number of hydrogen-bond donors (Lipinski definition) is 1. The van der Waals surface area contributed by atoms with E-state index in [1.54, 1.807) is 29.2 Å². The minimum atomic E-state index is -0.664. The summed E-state index contributed by atoms with van der Waals surface area (Å²) in [5, 5.41) is 2.86. The van der Waals surface area contributed by atoms with Crippen molar-refractivity contribution in [1.29, 1.82) is 0 Å². The van der Waals surface area contributed by atoms with Crippen LogP contribution in [0, 0.1) is 11.7 Å². The molecule has 3 saturated heterocycles. The lowest BCUT2D eigenvalue weighted by Crippen LogP contribution is -2.42. The lowest BCUT2D eigenvalue weighted by molar-refractivity contribution is -0.0358. The Morgan fingerprint density at radius 3 is 2.83 bits per heavy atom. The minimum Gasteiger partial charge on any atom is -0.489 e. The van der Waals surface area contributed by atoms with E-state index in [4.69, 9.17) is 30.5 Å². The van der Waals surface area contributed by atoms with E-state index in [2.05, 4.69) is 20.3 Å². The molecule has 7 rings (SSSR count). The van der Waals surface area contributed by atoms with Gasteiger partial charge in [-0.05, 0) is 57.7 Å². The van der Waals surface area contributed by atoms with Crippen LogP contribution in [0.15, 0.2) is 30.6 Å². The van der Waals surface area contributed by atoms with Crippen LogP contribution in [0.5, 0.6) is 11.6 Å². The Balaban J connectivity index is 1.14. The molecule has 0 unspecified atom stereocenters. The van der Waals surface area contributed by atoms with Gasteiger partial charge in [0, 0.05) is 19.0 Å². The summed E-state index contributed by atoms with van der Waals surface area (Å²) in [6, 6.07) is 6.63. The Morgan fingerprint density at radius 1 is 1.25 bits per heavy atom. The summed E-state index contributed by atoms with van der Waals surface area (Å²) < 4.78 is 38.4. The Hall–Kier alpha value is -3.44. The number of pyridine rings is 1. The predicted octanol–water partition coefficient (Wildman–Crippen LogP) is 5.51. The average Bonchev–Trinajstić information content (AvgIpc) is 3.62. The van der Waals surface area contributed by atoms with Gasteiger partial charge in [-0.25, -0.2) is 24.1 Å². The second kappa shape index (κ2) is 10.2. The second-order valence-electron chi connectivity index (χ2n) is 11.6. The normalized spacial score (nSPS) is 23.7. The quantitative estimate of drug-likeness (QED) is 0.393. The average molecular weight is 572 g/mol. The number of ether oxygens (including phenoxy) is 4. The Bertz CT molecular complexity index is 1440. The first-order chi connectivity index (χ1) is 19.1. The van der Waals surface area contributed by atoms with Gasteiger partial charge in [0.2, 0.25) is 5.88 Å². The standard InChI is InChI=1S/C28H31ClFN5O5/c1-27(2,3)40-26(36)35-9-8-17(12-35)39-21-7-5-19-24(34-21)25(32-15-31-19)33-18-4-6-20(22(29)23(18)30)37-14-28-10-16(11-28)13-38-28/h4-7,15-17H,8-14H2,1-3H3,(H,31,32,33)/t16?,17-,28?/m0/s1. The van der Waals surface area contributed by atoms with E-state index in [-0.39, 0.29) is 34.3 Å². The van der Waals surface area contributed by atoms with Crippen LogP contribution in [0.4, 0.5) is 20.7 Å². The van der Waals surface area contributed by atoms with Crippen LogP contribution in [0.1, 0.15) is 40.0 Å². The van der Waals surface area contributed by atoms with Crippen molar-refractivity contribution in [3.05, 3.63) is 41.4 Å². The number of rotatable bonds is 7. The molecule has 4 fully saturated rings. The number of likely N-dealkylation sites (tertiary alicyclic amines) is 1. The molecule has 12 heteroatoms. The zero-order valence-corrected chi connectivity index (χ0v) is 23.3. The highest BCUT2D eigenvalue weighted by Crippen LogP contribution is 2.48. The van der Waals surface area contributed by atoms with Crippen molar-refractivity contribution in [3.8, 4) is 11.6 Å². The van der Waals surface area contributed by atoms with E-state index < -0.39 is 11.4 Å². The number of anilines is 2. The molecule has 1 saturated carbocycles. The topological polar surface area (TPSA) is 108 Å². The molecule has 4 aliphatic rings. The fourth-order valence-corrected chi connectivity index (χ4v) is 5.55. The molecule has 1 atom stereocenters. The van der Waals surface area contributed by atoms with Crippen LogP contribution >= 0.6 is 11.6 Å². The van der Waals surface area contributed by atoms with Crippen molar-refractivity contribution in [1.82, 2.24) is 19.9 Å². The van der Waals surface area contributed by atoms with Crippen LogP contribution in [0.25, 0.3) is 11.0 Å². The lowest BCUT2D eigenvalue weighted by Gasteiger charge is -2.35. The molecule has 40 heavy (non-hydrogen) atoms. The molecule has 2 aromatic heterocycles. The predicted molar refractivity (Wildman–Crippen MR) is 146 cm³/mol. The van der Waals surface area contributed by atoms with Gasteiger partial charge in [0.15, 0.2) is 11.6 Å². The van der Waals surface area contributed by atoms with E-state index in [9.17, 15) is 4.79 Å². The summed E-state index contributed by atoms with van der Waals surface area (Å²) in [5.41, 5.74) is 0.232. The fraction of sp³-hybridized carbons (Fsp3) is 0.500. The van der Waals surface area contributed by atoms with Crippen molar-refractivity contribution in [2.24, 2.45) is 5.92 Å². The van der Waals surface area contributed by atoms with Crippen molar-refractivity contribution >= 4 is 40.2 Å². The molecule has 10 nitrogen and oxygen atoms in total. The van der Waals surface area contributed by atoms with Crippen molar-refractivity contribution in [2.75, 3.05) is 31.6 Å². The highest BCUT2D eigenvalue weighted by atomic mass is 35.5. The number of aromatic nitrogens is 3. The molecule has 0 radical (unpaired) electrons. The van der Waals surface area contributed by atoms with Gasteiger partial charge in [0.1, 0.15) is 46.5 Å². The molecule has 1 aliphatic carbocycles. The van der Waals surface area contributed by atoms with Gasteiger partial charge in [0.05, 0.1) is 24.4 Å². The minimum absolute atomic E-state index is 0.119. The van der Waals surface area contributed by atoms with Crippen LogP contribution in [0.2, 0.25) is 5.02 Å². The molecule has 3 aromatic rings. The van der Waals surface area contributed by atoms with Crippen molar-refractivity contribution in [3.63, 3.8) is 0 Å². The summed E-state index contributed by atoms with van der Waals surface area (Å²) in [4.78, 5) is 27.1. The SMILES string of the molecule is CC(C)(C)OC(=O)N1CC[C@H](Oc2ccc3ncnc(Nc4ccc(OCC56CC(CO5)C6)c(Cl)c4F)c3n2)C1. The highest BCUT2D eigenvalue weighted by molar-refractivity contribution is 6.32. The first-order valence-corrected chi connectivity index (χ1v) is 13.7. The summed E-state index contributed by atoms with van der Waals surface area (Å²) in [6.45, 7) is 7.50. The molecule has 3 aliphatic heterocycles. The second-order valence-corrected chi connectivity index (χ2v) is 12.0. The molecule has 1 N–H and O–H groups in total. The third-order valence-electron chi connectivity index (χ3n) is 7.28. The maximum absolute atomic E-state index is 15.3. The molecule has 1 aromatic carbocycles. The van der Waals surface area contributed by atoms with Gasteiger partial charge in [-0.15, -0.1) is 0 Å². The molecular formula is C28H31ClFN5O5. The van der Waals surface area contributed by atoms with Gasteiger partial charge in [-0.3, -0.25) is 0 Å². The van der Waals surface area contributed by atoms with Crippen LogP contribution in [-0.2, 0) is 9.47 Å². The van der Waals surface area contributed by atoms with E-state index in [0.29, 0.717) is 54.8 Å².